The number of esters is 1. The quantitative estimate of drug-likeness (QED) is 0.611. The molecule has 16 heavy (non-hydrogen) atoms. The molecule has 0 unspecified atom stereocenters. The molecule has 0 saturated carbocycles. The lowest BCUT2D eigenvalue weighted by Gasteiger charge is -1.97. The largest absolute Gasteiger partial charge is 0.463 e. The van der Waals surface area contributed by atoms with Gasteiger partial charge in [0.05, 0.1) is 11.6 Å². The van der Waals surface area contributed by atoms with Gasteiger partial charge in [-0.25, -0.2) is 4.79 Å². The molecule has 0 spiro atoms. The van der Waals surface area contributed by atoms with Crippen molar-refractivity contribution in [2.45, 2.75) is 5.33 Å². The van der Waals surface area contributed by atoms with Gasteiger partial charge in [-0.05, 0) is 39.7 Å². The van der Waals surface area contributed by atoms with E-state index in [9.17, 15) is 4.79 Å². The molecule has 84 valence electrons. The highest BCUT2D eigenvalue weighted by atomic mass is 79.9. The number of benzene rings is 1. The van der Waals surface area contributed by atoms with Crippen molar-refractivity contribution in [3.8, 4) is 0 Å². The van der Waals surface area contributed by atoms with Crippen LogP contribution >= 0.6 is 31.9 Å². The molecule has 0 radical (unpaired) electrons. The van der Waals surface area contributed by atoms with E-state index in [1.54, 1.807) is 6.07 Å². The molecule has 2 rings (SSSR count). The summed E-state index contributed by atoms with van der Waals surface area (Å²) in [6, 6.07) is 5.59. The number of rotatable bonds is 2. The third-order valence-electron chi connectivity index (χ3n) is 2.17. The predicted molar refractivity (Wildman–Crippen MR) is 67.9 cm³/mol. The van der Waals surface area contributed by atoms with Crippen LogP contribution in [0.4, 0.5) is 0 Å². The Morgan fingerprint density at radius 1 is 1.44 bits per heavy atom. The predicted octanol–water partition coefficient (Wildman–Crippen LogP) is 3.88. The maximum absolute atomic E-state index is 11.3. The summed E-state index contributed by atoms with van der Waals surface area (Å²) in [5.74, 6) is -0.256. The fraction of sp³-hybridized carbons (Fsp3) is 0.182. The summed E-state index contributed by atoms with van der Waals surface area (Å²) >= 11 is 6.79. The fourth-order valence-corrected chi connectivity index (χ4v) is 2.37. The molecule has 0 fully saturated rings. The lowest BCUT2D eigenvalue weighted by atomic mass is 10.2. The van der Waals surface area contributed by atoms with E-state index in [-0.39, 0.29) is 5.76 Å². The van der Waals surface area contributed by atoms with E-state index in [1.165, 1.54) is 7.11 Å². The Morgan fingerprint density at radius 2 is 2.19 bits per heavy atom. The smallest absolute Gasteiger partial charge is 0.373 e. The van der Waals surface area contributed by atoms with Crippen molar-refractivity contribution in [1.29, 1.82) is 0 Å². The molecule has 0 aliphatic carbocycles. The van der Waals surface area contributed by atoms with Crippen LogP contribution in [0.2, 0.25) is 0 Å². The number of ether oxygens (including phenoxy) is 1. The van der Waals surface area contributed by atoms with Crippen molar-refractivity contribution >= 4 is 48.8 Å². The van der Waals surface area contributed by atoms with Gasteiger partial charge in [-0.15, -0.1) is 0 Å². The minimum absolute atomic E-state index is 0.213. The molecule has 0 aliphatic rings. The molecule has 5 heteroatoms. The first-order valence-corrected chi connectivity index (χ1v) is 6.43. The minimum Gasteiger partial charge on any atom is -0.463 e. The first-order valence-electron chi connectivity index (χ1n) is 4.52. The van der Waals surface area contributed by atoms with Gasteiger partial charge in [-0.1, -0.05) is 15.9 Å². The van der Waals surface area contributed by atoms with Crippen LogP contribution in [0.3, 0.4) is 0 Å². The Hall–Kier alpha value is -0.810. The van der Waals surface area contributed by atoms with Crippen LogP contribution in [-0.4, -0.2) is 13.1 Å². The summed E-state index contributed by atoms with van der Waals surface area (Å²) in [4.78, 5) is 11.3. The van der Waals surface area contributed by atoms with Gasteiger partial charge < -0.3 is 9.15 Å². The Bertz CT molecular complexity index is 545. The molecule has 1 aromatic carbocycles. The third-order valence-corrected chi connectivity index (χ3v) is 3.41. The van der Waals surface area contributed by atoms with E-state index in [4.69, 9.17) is 4.42 Å². The van der Waals surface area contributed by atoms with Crippen LogP contribution in [0, 0.1) is 0 Å². The fourth-order valence-electron chi connectivity index (χ4n) is 1.45. The Balaban J connectivity index is 2.61. The van der Waals surface area contributed by atoms with Gasteiger partial charge in [0.25, 0.3) is 0 Å². The standard InChI is InChI=1S/C11H8Br2O3/c1-15-11(14)9-4-7-2-6(5-12)3-8(13)10(7)16-9/h2-4H,5H2,1H3. The summed E-state index contributed by atoms with van der Waals surface area (Å²) in [6.07, 6.45) is 0. The van der Waals surface area contributed by atoms with E-state index < -0.39 is 5.97 Å². The summed E-state index contributed by atoms with van der Waals surface area (Å²) in [6.45, 7) is 0. The molecule has 1 heterocycles. The van der Waals surface area contributed by atoms with Crippen LogP contribution in [-0.2, 0) is 10.1 Å². The molecule has 2 aromatic rings. The highest BCUT2D eigenvalue weighted by Gasteiger charge is 2.14. The van der Waals surface area contributed by atoms with Gasteiger partial charge in [0.15, 0.2) is 0 Å². The molecule has 0 amide bonds. The molecular weight excluding hydrogens is 340 g/mol. The van der Waals surface area contributed by atoms with Crippen LogP contribution in [0.1, 0.15) is 16.1 Å². The first-order chi connectivity index (χ1) is 7.65. The number of carbonyl (C=O) groups excluding carboxylic acids is 1. The van der Waals surface area contributed by atoms with Crippen molar-refractivity contribution < 1.29 is 13.9 Å². The zero-order valence-electron chi connectivity index (χ0n) is 8.42. The van der Waals surface area contributed by atoms with Crippen LogP contribution < -0.4 is 0 Å². The van der Waals surface area contributed by atoms with Crippen molar-refractivity contribution in [3.05, 3.63) is 34.0 Å². The van der Waals surface area contributed by atoms with Crippen molar-refractivity contribution in [2.75, 3.05) is 7.11 Å². The number of halogens is 2. The maximum atomic E-state index is 11.3. The normalized spacial score (nSPS) is 10.7. The van der Waals surface area contributed by atoms with E-state index in [0.717, 1.165) is 20.8 Å². The second-order valence-corrected chi connectivity index (χ2v) is 4.65. The topological polar surface area (TPSA) is 39.4 Å². The highest BCUT2D eigenvalue weighted by molar-refractivity contribution is 9.10. The zero-order chi connectivity index (χ0) is 11.7. The number of methoxy groups -OCH3 is 1. The number of hydrogen-bond acceptors (Lipinski definition) is 3. The van der Waals surface area contributed by atoms with Crippen molar-refractivity contribution in [2.24, 2.45) is 0 Å². The summed E-state index contributed by atoms with van der Waals surface area (Å²) in [7, 11) is 1.33. The number of carbonyl (C=O) groups is 1. The average Bonchev–Trinajstić information content (AvgIpc) is 2.72. The van der Waals surface area contributed by atoms with Gasteiger partial charge in [-0.2, -0.15) is 0 Å². The van der Waals surface area contributed by atoms with E-state index in [2.05, 4.69) is 36.6 Å². The molecule has 1 aromatic heterocycles. The molecule has 0 saturated heterocycles. The van der Waals surface area contributed by atoms with Crippen molar-refractivity contribution in [1.82, 2.24) is 0 Å². The third kappa shape index (κ3) is 2.01. The number of hydrogen-bond donors (Lipinski definition) is 0. The Kier molecular flexibility index (Phi) is 3.35. The van der Waals surface area contributed by atoms with E-state index in [0.29, 0.717) is 5.58 Å². The molecule has 0 aliphatic heterocycles. The lowest BCUT2D eigenvalue weighted by Crippen LogP contribution is -1.97. The van der Waals surface area contributed by atoms with Gasteiger partial charge >= 0.3 is 5.97 Å². The van der Waals surface area contributed by atoms with Gasteiger partial charge in [0, 0.05) is 10.7 Å². The molecule has 3 nitrogen and oxygen atoms in total. The molecule has 0 N–H and O–H groups in total. The summed E-state index contributed by atoms with van der Waals surface area (Å²) in [5.41, 5.74) is 1.77. The van der Waals surface area contributed by atoms with E-state index in [1.807, 2.05) is 12.1 Å². The van der Waals surface area contributed by atoms with Gasteiger partial charge in [-0.3, -0.25) is 0 Å². The van der Waals surface area contributed by atoms with Crippen molar-refractivity contribution in [3.63, 3.8) is 0 Å². The highest BCUT2D eigenvalue weighted by Crippen LogP contribution is 2.29. The molecule has 0 bridgehead atoms. The Morgan fingerprint density at radius 3 is 2.81 bits per heavy atom. The van der Waals surface area contributed by atoms with Crippen LogP contribution in [0.25, 0.3) is 11.0 Å². The average molecular weight is 348 g/mol. The minimum atomic E-state index is -0.469. The Labute approximate surface area is 109 Å². The molecular formula is C11H8Br2O3. The SMILES string of the molecule is COC(=O)c1cc2cc(CBr)cc(Br)c2o1. The second-order valence-electron chi connectivity index (χ2n) is 3.23. The maximum Gasteiger partial charge on any atom is 0.373 e. The van der Waals surface area contributed by atoms with Gasteiger partial charge in [0.1, 0.15) is 5.58 Å². The second kappa shape index (κ2) is 4.59. The zero-order valence-corrected chi connectivity index (χ0v) is 11.6. The number of alkyl halides is 1. The summed E-state index contributed by atoms with van der Waals surface area (Å²) < 4.78 is 10.8. The first kappa shape index (κ1) is 11.7. The monoisotopic (exact) mass is 346 g/mol. The lowest BCUT2D eigenvalue weighted by molar-refractivity contribution is 0.0567. The molecule has 0 atom stereocenters. The van der Waals surface area contributed by atoms with Crippen LogP contribution in [0.15, 0.2) is 27.1 Å². The number of furan rings is 1. The summed E-state index contributed by atoms with van der Waals surface area (Å²) in [5, 5.41) is 1.63. The number of fused-ring (bicyclic) bond motifs is 1. The van der Waals surface area contributed by atoms with Crippen LogP contribution in [0.5, 0.6) is 0 Å². The van der Waals surface area contributed by atoms with E-state index >= 15 is 0 Å². The van der Waals surface area contributed by atoms with Gasteiger partial charge in [0.2, 0.25) is 5.76 Å².